The summed E-state index contributed by atoms with van der Waals surface area (Å²) in [4.78, 5) is 0. The number of nitrogens with one attached hydrogen (secondary N) is 1. The van der Waals surface area contributed by atoms with E-state index in [1.165, 1.54) is 5.56 Å². The molecule has 104 valence electrons. The summed E-state index contributed by atoms with van der Waals surface area (Å²) in [5.74, 6) is 0. The van der Waals surface area contributed by atoms with Crippen LogP contribution in [-0.2, 0) is 13.5 Å². The highest BCUT2D eigenvalue weighted by atomic mass is 79.9. The van der Waals surface area contributed by atoms with Crippen molar-refractivity contribution in [3.63, 3.8) is 0 Å². The molecule has 0 fully saturated rings. The van der Waals surface area contributed by atoms with Gasteiger partial charge in [0.15, 0.2) is 0 Å². The van der Waals surface area contributed by atoms with Gasteiger partial charge in [0.1, 0.15) is 0 Å². The predicted molar refractivity (Wildman–Crippen MR) is 85.1 cm³/mol. The van der Waals surface area contributed by atoms with Gasteiger partial charge in [0.25, 0.3) is 0 Å². The van der Waals surface area contributed by atoms with Crippen LogP contribution in [0.1, 0.15) is 29.9 Å². The molecule has 0 aliphatic carbocycles. The highest BCUT2D eigenvalue weighted by Crippen LogP contribution is 2.29. The zero-order valence-electron chi connectivity index (χ0n) is 11.2. The Morgan fingerprint density at radius 1 is 1.58 bits per heavy atom. The van der Waals surface area contributed by atoms with Crippen molar-refractivity contribution < 1.29 is 0 Å². The zero-order valence-corrected chi connectivity index (χ0v) is 14.4. The normalized spacial score (nSPS) is 12.9. The summed E-state index contributed by atoms with van der Waals surface area (Å²) in [6.45, 7) is 4.98. The maximum atomic E-state index is 6.33. The molecule has 0 saturated heterocycles. The highest BCUT2D eigenvalue weighted by molar-refractivity contribution is 9.11. The second-order valence-electron chi connectivity index (χ2n) is 4.47. The molecule has 0 bridgehead atoms. The molecule has 2 rings (SSSR count). The van der Waals surface area contributed by atoms with Crippen molar-refractivity contribution in [3.8, 4) is 0 Å². The standard InChI is InChI=1S/C13H17BrClN3S/c1-4-16-10(9-5-12(14)19-7-9)6-11-13(15)8(2)17-18(11)3/h5,7,10,16H,4,6H2,1-3H3. The highest BCUT2D eigenvalue weighted by Gasteiger charge is 2.18. The van der Waals surface area contributed by atoms with E-state index in [0.29, 0.717) is 0 Å². The lowest BCUT2D eigenvalue weighted by molar-refractivity contribution is 0.530. The van der Waals surface area contributed by atoms with Gasteiger partial charge in [-0.1, -0.05) is 18.5 Å². The van der Waals surface area contributed by atoms with Crippen LogP contribution in [0.4, 0.5) is 0 Å². The SMILES string of the molecule is CCNC(Cc1c(Cl)c(C)nn1C)c1csc(Br)c1. The third-order valence-electron chi connectivity index (χ3n) is 3.10. The van der Waals surface area contributed by atoms with E-state index in [-0.39, 0.29) is 6.04 Å². The van der Waals surface area contributed by atoms with Crippen LogP contribution in [-0.4, -0.2) is 16.3 Å². The van der Waals surface area contributed by atoms with Crippen LogP contribution < -0.4 is 5.32 Å². The largest absolute Gasteiger partial charge is 0.310 e. The molecule has 1 unspecified atom stereocenters. The molecule has 0 aliphatic rings. The minimum absolute atomic E-state index is 0.264. The van der Waals surface area contributed by atoms with E-state index < -0.39 is 0 Å². The van der Waals surface area contributed by atoms with E-state index in [1.54, 1.807) is 11.3 Å². The minimum Gasteiger partial charge on any atom is -0.310 e. The minimum atomic E-state index is 0.264. The van der Waals surface area contributed by atoms with Gasteiger partial charge >= 0.3 is 0 Å². The first kappa shape index (κ1) is 15.0. The quantitative estimate of drug-likeness (QED) is 0.868. The number of thiophene rings is 1. The van der Waals surface area contributed by atoms with Crippen LogP contribution in [0.3, 0.4) is 0 Å². The monoisotopic (exact) mass is 361 g/mol. The Morgan fingerprint density at radius 2 is 2.32 bits per heavy atom. The zero-order chi connectivity index (χ0) is 14.0. The molecule has 3 nitrogen and oxygen atoms in total. The molecule has 1 atom stereocenters. The Morgan fingerprint density at radius 3 is 2.79 bits per heavy atom. The number of hydrogen-bond acceptors (Lipinski definition) is 3. The van der Waals surface area contributed by atoms with E-state index in [9.17, 15) is 0 Å². The number of rotatable bonds is 5. The molecule has 19 heavy (non-hydrogen) atoms. The lowest BCUT2D eigenvalue weighted by atomic mass is 10.0. The Bertz CT molecular complexity index is 564. The second kappa shape index (κ2) is 6.39. The number of hydrogen-bond donors (Lipinski definition) is 1. The van der Waals surface area contributed by atoms with E-state index in [0.717, 1.165) is 33.2 Å². The summed E-state index contributed by atoms with van der Waals surface area (Å²) in [5.41, 5.74) is 3.25. The fraction of sp³-hybridized carbons (Fsp3) is 0.462. The average Bonchev–Trinajstić information content (AvgIpc) is 2.88. The van der Waals surface area contributed by atoms with Gasteiger partial charge in [0.05, 0.1) is 20.2 Å². The van der Waals surface area contributed by atoms with Gasteiger partial charge in [-0.25, -0.2) is 0 Å². The number of likely N-dealkylation sites (N-methyl/N-ethyl adjacent to an activating group) is 1. The first-order valence-corrected chi connectivity index (χ1v) is 8.23. The van der Waals surface area contributed by atoms with Crippen molar-refractivity contribution in [1.82, 2.24) is 15.1 Å². The number of halogens is 2. The lowest BCUT2D eigenvalue weighted by Gasteiger charge is -2.17. The van der Waals surface area contributed by atoms with Crippen LogP contribution in [0.15, 0.2) is 15.2 Å². The van der Waals surface area contributed by atoms with E-state index in [4.69, 9.17) is 11.6 Å². The lowest BCUT2D eigenvalue weighted by Crippen LogP contribution is -2.23. The molecule has 0 saturated carbocycles. The van der Waals surface area contributed by atoms with Gasteiger partial charge in [0.2, 0.25) is 0 Å². The van der Waals surface area contributed by atoms with E-state index >= 15 is 0 Å². The smallest absolute Gasteiger partial charge is 0.0847 e. The first-order chi connectivity index (χ1) is 9.02. The Kier molecular flexibility index (Phi) is 5.06. The van der Waals surface area contributed by atoms with Gasteiger partial charge in [-0.05, 0) is 46.4 Å². The number of aryl methyl sites for hydroxylation is 2. The van der Waals surface area contributed by atoms with Crippen LogP contribution in [0, 0.1) is 6.92 Å². The number of nitrogens with zero attached hydrogens (tertiary/aromatic N) is 2. The summed E-state index contributed by atoms with van der Waals surface area (Å²) in [6, 6.07) is 2.43. The van der Waals surface area contributed by atoms with Crippen molar-refractivity contribution in [1.29, 1.82) is 0 Å². The molecular weight excluding hydrogens is 346 g/mol. The summed E-state index contributed by atoms with van der Waals surface area (Å²) in [6.07, 6.45) is 0.840. The molecular formula is C13H17BrClN3S. The fourth-order valence-electron chi connectivity index (χ4n) is 2.16. The van der Waals surface area contributed by atoms with Crippen LogP contribution in [0.5, 0.6) is 0 Å². The molecule has 0 aromatic carbocycles. The molecule has 0 radical (unpaired) electrons. The third-order valence-corrected chi connectivity index (χ3v) is 5.11. The molecule has 0 amide bonds. The van der Waals surface area contributed by atoms with Crippen LogP contribution in [0.2, 0.25) is 5.02 Å². The molecule has 2 aromatic rings. The molecule has 1 N–H and O–H groups in total. The van der Waals surface area contributed by atoms with Gasteiger partial charge < -0.3 is 5.32 Å². The van der Waals surface area contributed by atoms with Crippen molar-refractivity contribution >= 4 is 38.9 Å². The van der Waals surface area contributed by atoms with Crippen LogP contribution >= 0.6 is 38.9 Å². The molecule has 0 spiro atoms. The van der Waals surface area contributed by atoms with Crippen molar-refractivity contribution in [2.75, 3.05) is 6.54 Å². The Hall–Kier alpha value is -0.360. The summed E-state index contributed by atoms with van der Waals surface area (Å²) in [5, 5.41) is 10.8. The van der Waals surface area contributed by atoms with Crippen molar-refractivity contribution in [2.24, 2.45) is 7.05 Å². The topological polar surface area (TPSA) is 29.9 Å². The molecule has 0 aliphatic heterocycles. The summed E-state index contributed by atoms with van der Waals surface area (Å²) < 4.78 is 3.03. The van der Waals surface area contributed by atoms with Gasteiger partial charge in [-0.15, -0.1) is 11.3 Å². The maximum absolute atomic E-state index is 6.33. The van der Waals surface area contributed by atoms with Crippen molar-refractivity contribution in [3.05, 3.63) is 37.2 Å². The van der Waals surface area contributed by atoms with Gasteiger partial charge in [-0.2, -0.15) is 5.10 Å². The van der Waals surface area contributed by atoms with E-state index in [1.807, 2.05) is 18.7 Å². The maximum Gasteiger partial charge on any atom is 0.0847 e. The molecule has 6 heteroatoms. The summed E-state index contributed by atoms with van der Waals surface area (Å²) in [7, 11) is 1.95. The van der Waals surface area contributed by atoms with Gasteiger partial charge in [-0.3, -0.25) is 4.68 Å². The first-order valence-electron chi connectivity index (χ1n) is 6.18. The van der Waals surface area contributed by atoms with Crippen LogP contribution in [0.25, 0.3) is 0 Å². The van der Waals surface area contributed by atoms with Gasteiger partial charge in [0, 0.05) is 19.5 Å². The summed E-state index contributed by atoms with van der Waals surface area (Å²) >= 11 is 11.6. The predicted octanol–water partition coefficient (Wildman–Crippen LogP) is 4.10. The van der Waals surface area contributed by atoms with Crippen molar-refractivity contribution in [2.45, 2.75) is 26.3 Å². The Labute approximate surface area is 131 Å². The molecule has 2 aromatic heterocycles. The second-order valence-corrected chi connectivity index (χ2v) is 7.14. The Balaban J connectivity index is 2.26. The average molecular weight is 363 g/mol. The number of aromatic nitrogens is 2. The molecule has 2 heterocycles. The third kappa shape index (κ3) is 3.40. The fourth-order valence-corrected chi connectivity index (χ4v) is 3.62. The van der Waals surface area contributed by atoms with E-state index in [2.05, 4.69) is 44.7 Å².